The zero-order valence-corrected chi connectivity index (χ0v) is 18.6. The average Bonchev–Trinajstić information content (AvgIpc) is 2.72. The van der Waals surface area contributed by atoms with E-state index in [0.717, 1.165) is 13.0 Å². The molecule has 2 aromatic rings. The van der Waals surface area contributed by atoms with Gasteiger partial charge < -0.3 is 20.5 Å². The number of carbonyl (C=O) groups is 1. The van der Waals surface area contributed by atoms with E-state index in [2.05, 4.69) is 15.3 Å². The van der Waals surface area contributed by atoms with Crippen LogP contribution < -0.4 is 15.8 Å². The van der Waals surface area contributed by atoms with E-state index < -0.39 is 41.5 Å². The molecule has 33 heavy (non-hydrogen) atoms. The lowest BCUT2D eigenvalue weighted by molar-refractivity contribution is -0.249. The van der Waals surface area contributed by atoms with Gasteiger partial charge in [-0.2, -0.15) is 13.2 Å². The van der Waals surface area contributed by atoms with Gasteiger partial charge in [0.25, 0.3) is 5.91 Å². The highest BCUT2D eigenvalue weighted by molar-refractivity contribution is 6.33. The summed E-state index contributed by atoms with van der Waals surface area (Å²) in [5, 5.41) is 2.45. The summed E-state index contributed by atoms with van der Waals surface area (Å²) in [6.45, 7) is 3.68. The standard InChI is InChI=1S/C21H21ClF4N4O3/c1-4-32-15-8-6-12(16(22)29-15)17(31)28-11-5-7-14(23)13(9-11)19(2)10-33-20(3,18(27)30-19)21(24,25)26/h5-9H,4,10H2,1-3H3,(H2,27,30)(H,28,31)/t19-,20+/m0/s1. The lowest BCUT2D eigenvalue weighted by Crippen LogP contribution is -2.60. The van der Waals surface area contributed by atoms with E-state index in [-0.39, 0.29) is 27.8 Å². The molecule has 0 fully saturated rings. The average molecular weight is 489 g/mol. The molecule has 1 aliphatic heterocycles. The number of hydrogen-bond acceptors (Lipinski definition) is 6. The molecule has 0 unspecified atom stereocenters. The van der Waals surface area contributed by atoms with Crippen LogP contribution >= 0.6 is 11.6 Å². The monoisotopic (exact) mass is 488 g/mol. The van der Waals surface area contributed by atoms with E-state index in [1.807, 2.05) is 0 Å². The van der Waals surface area contributed by atoms with Gasteiger partial charge in [-0.3, -0.25) is 9.79 Å². The lowest BCUT2D eigenvalue weighted by atomic mass is 9.89. The third-order valence-electron chi connectivity index (χ3n) is 5.20. The zero-order chi connectivity index (χ0) is 24.6. The van der Waals surface area contributed by atoms with E-state index in [1.54, 1.807) is 6.92 Å². The second-order valence-corrected chi connectivity index (χ2v) is 8.02. The minimum absolute atomic E-state index is 0.0430. The Kier molecular flexibility index (Phi) is 6.58. The maximum absolute atomic E-state index is 14.6. The third kappa shape index (κ3) is 4.74. The molecule has 3 N–H and O–H groups in total. The van der Waals surface area contributed by atoms with Crippen molar-refractivity contribution >= 4 is 29.0 Å². The fraction of sp³-hybridized carbons (Fsp3) is 0.381. The normalized spacial score (nSPS) is 23.1. The number of anilines is 1. The summed E-state index contributed by atoms with van der Waals surface area (Å²) >= 11 is 6.05. The first-order chi connectivity index (χ1) is 15.3. The quantitative estimate of drug-likeness (QED) is 0.478. The number of halogens is 5. The minimum atomic E-state index is -4.80. The smallest absolute Gasteiger partial charge is 0.424 e. The van der Waals surface area contributed by atoms with Gasteiger partial charge in [0, 0.05) is 17.3 Å². The van der Waals surface area contributed by atoms with E-state index >= 15 is 0 Å². The highest BCUT2D eigenvalue weighted by Crippen LogP contribution is 2.41. The predicted molar refractivity (Wildman–Crippen MR) is 114 cm³/mol. The number of aromatic nitrogens is 1. The number of carbonyl (C=O) groups excluding carboxylic acids is 1. The Hall–Kier alpha value is -2.92. The number of nitrogens with zero attached hydrogens (tertiary/aromatic N) is 2. The Bertz CT molecular complexity index is 1110. The molecule has 0 spiro atoms. The van der Waals surface area contributed by atoms with Crippen LogP contribution in [0.4, 0.5) is 23.2 Å². The van der Waals surface area contributed by atoms with Crippen molar-refractivity contribution in [3.63, 3.8) is 0 Å². The molecule has 178 valence electrons. The summed E-state index contributed by atoms with van der Waals surface area (Å²) in [6, 6.07) is 6.47. The maximum atomic E-state index is 14.6. The number of benzene rings is 1. The van der Waals surface area contributed by atoms with E-state index in [1.165, 1.54) is 31.2 Å². The van der Waals surface area contributed by atoms with Crippen LogP contribution in [0.1, 0.15) is 36.7 Å². The van der Waals surface area contributed by atoms with Crippen LogP contribution in [0, 0.1) is 5.82 Å². The molecule has 3 rings (SSSR count). The molecule has 1 aromatic heterocycles. The molecule has 2 atom stereocenters. The van der Waals surface area contributed by atoms with Crippen molar-refractivity contribution in [3.05, 3.63) is 52.4 Å². The van der Waals surface area contributed by atoms with Gasteiger partial charge in [0.1, 0.15) is 22.3 Å². The van der Waals surface area contributed by atoms with Crippen molar-refractivity contribution in [2.45, 2.75) is 38.1 Å². The van der Waals surface area contributed by atoms with Crippen LogP contribution in [-0.2, 0) is 10.3 Å². The molecule has 2 heterocycles. The summed E-state index contributed by atoms with van der Waals surface area (Å²) in [7, 11) is 0. The first-order valence-corrected chi connectivity index (χ1v) is 10.2. The molecule has 12 heteroatoms. The number of hydrogen-bond donors (Lipinski definition) is 2. The van der Waals surface area contributed by atoms with Gasteiger partial charge in [0.05, 0.1) is 18.8 Å². The molecule has 1 amide bonds. The van der Waals surface area contributed by atoms with Crippen LogP contribution in [0.3, 0.4) is 0 Å². The van der Waals surface area contributed by atoms with E-state index in [0.29, 0.717) is 6.61 Å². The Morgan fingerprint density at radius 2 is 2.00 bits per heavy atom. The second-order valence-electron chi connectivity index (χ2n) is 7.66. The van der Waals surface area contributed by atoms with Crippen LogP contribution in [0.2, 0.25) is 5.15 Å². The van der Waals surface area contributed by atoms with Crippen LogP contribution in [0.25, 0.3) is 0 Å². The maximum Gasteiger partial charge on any atom is 0.424 e. The Balaban J connectivity index is 1.90. The van der Waals surface area contributed by atoms with Crippen molar-refractivity contribution in [1.29, 1.82) is 0 Å². The van der Waals surface area contributed by atoms with Gasteiger partial charge in [-0.25, -0.2) is 9.37 Å². The Morgan fingerprint density at radius 3 is 2.58 bits per heavy atom. The first-order valence-electron chi connectivity index (χ1n) is 9.78. The van der Waals surface area contributed by atoms with E-state index in [9.17, 15) is 22.4 Å². The molecule has 7 nitrogen and oxygen atoms in total. The summed E-state index contributed by atoms with van der Waals surface area (Å²) in [5.41, 5.74) is 1.33. The number of aliphatic imine (C=N–C) groups is 1. The molecule has 0 bridgehead atoms. The summed E-state index contributed by atoms with van der Waals surface area (Å²) in [5.74, 6) is -1.97. The number of nitrogens with one attached hydrogen (secondary N) is 1. The van der Waals surface area contributed by atoms with Crippen molar-refractivity contribution in [1.82, 2.24) is 4.98 Å². The second kappa shape index (κ2) is 8.79. The number of pyridine rings is 1. The number of ether oxygens (including phenoxy) is 2. The van der Waals surface area contributed by atoms with Crippen LogP contribution in [0.5, 0.6) is 5.88 Å². The van der Waals surface area contributed by atoms with Gasteiger partial charge in [-0.15, -0.1) is 0 Å². The van der Waals surface area contributed by atoms with Gasteiger partial charge in [-0.05, 0) is 45.0 Å². The van der Waals surface area contributed by atoms with Crippen LogP contribution in [0.15, 0.2) is 35.3 Å². The summed E-state index contributed by atoms with van der Waals surface area (Å²) in [4.78, 5) is 20.5. The molecular weight excluding hydrogens is 468 g/mol. The molecule has 0 aliphatic carbocycles. The number of amidine groups is 1. The predicted octanol–water partition coefficient (Wildman–Crippen LogP) is 4.45. The van der Waals surface area contributed by atoms with Gasteiger partial charge in [-0.1, -0.05) is 11.6 Å². The fourth-order valence-electron chi connectivity index (χ4n) is 3.16. The Morgan fingerprint density at radius 1 is 1.30 bits per heavy atom. The highest BCUT2D eigenvalue weighted by Gasteiger charge is 2.59. The van der Waals surface area contributed by atoms with Crippen molar-refractivity contribution in [2.24, 2.45) is 10.7 Å². The molecular formula is C21H21ClF4N4O3. The van der Waals surface area contributed by atoms with Gasteiger partial charge >= 0.3 is 6.18 Å². The van der Waals surface area contributed by atoms with Crippen molar-refractivity contribution < 1.29 is 31.8 Å². The topological polar surface area (TPSA) is 98.8 Å². The van der Waals surface area contributed by atoms with E-state index in [4.69, 9.17) is 26.8 Å². The minimum Gasteiger partial charge on any atom is -0.478 e. The molecule has 0 radical (unpaired) electrons. The third-order valence-corrected chi connectivity index (χ3v) is 5.49. The Labute approximate surface area is 191 Å². The van der Waals surface area contributed by atoms with Crippen molar-refractivity contribution in [3.8, 4) is 5.88 Å². The summed E-state index contributed by atoms with van der Waals surface area (Å²) < 4.78 is 64.9. The molecule has 1 aromatic carbocycles. The molecule has 0 saturated heterocycles. The fourth-order valence-corrected chi connectivity index (χ4v) is 3.39. The summed E-state index contributed by atoms with van der Waals surface area (Å²) in [6.07, 6.45) is -4.80. The lowest BCUT2D eigenvalue weighted by Gasteiger charge is -2.41. The SMILES string of the molecule is CCOc1ccc(C(=O)Nc2ccc(F)c([C@]3(C)CO[C@@](C)(C(F)(F)F)C(N)=N3)c2)c(Cl)n1. The number of rotatable bonds is 5. The van der Waals surface area contributed by atoms with Crippen molar-refractivity contribution in [2.75, 3.05) is 18.5 Å². The number of amides is 1. The largest absolute Gasteiger partial charge is 0.478 e. The zero-order valence-electron chi connectivity index (χ0n) is 17.9. The van der Waals surface area contributed by atoms with Gasteiger partial charge in [0.2, 0.25) is 11.5 Å². The number of alkyl halides is 3. The number of nitrogens with two attached hydrogens (primary N) is 1. The molecule has 1 aliphatic rings. The van der Waals surface area contributed by atoms with Gasteiger partial charge in [0.15, 0.2) is 0 Å². The van der Waals surface area contributed by atoms with Crippen LogP contribution in [-0.4, -0.2) is 41.7 Å². The molecule has 0 saturated carbocycles. The highest BCUT2D eigenvalue weighted by atomic mass is 35.5. The first kappa shape index (κ1) is 24.7.